The number of benzene rings is 1. The maximum absolute atomic E-state index is 12.9. The van der Waals surface area contributed by atoms with E-state index in [1.807, 2.05) is 6.26 Å². The second-order valence-corrected chi connectivity index (χ2v) is 9.13. The molecule has 0 bridgehead atoms. The van der Waals surface area contributed by atoms with Gasteiger partial charge in [0.25, 0.3) is 0 Å². The standard InChI is InChI=1S/C21H32N2O6S/c1-12-9-14(24)10-13(2)15(12)11-17(23-20(28)29-21(3,4)5)18(25)22-16(19(26)27)7-8-30-6/h9-10,16-17,24H,7-8,11H2,1-6H3,(H,22,25)(H,23,28)(H,26,27)/t16-,17?/m1/s1. The Kier molecular flexibility index (Phi) is 9.48. The average molecular weight is 441 g/mol. The number of rotatable bonds is 9. The highest BCUT2D eigenvalue weighted by Crippen LogP contribution is 2.22. The van der Waals surface area contributed by atoms with Crippen LogP contribution in [0.3, 0.4) is 0 Å². The lowest BCUT2D eigenvalue weighted by Gasteiger charge is -2.25. The first kappa shape index (κ1) is 25.6. The Labute approximate surface area is 181 Å². The molecule has 1 aromatic rings. The highest BCUT2D eigenvalue weighted by molar-refractivity contribution is 7.98. The van der Waals surface area contributed by atoms with Gasteiger partial charge in [-0.2, -0.15) is 11.8 Å². The molecule has 1 rings (SSSR count). The molecule has 0 heterocycles. The summed E-state index contributed by atoms with van der Waals surface area (Å²) in [5.41, 5.74) is 1.54. The molecule has 9 heteroatoms. The highest BCUT2D eigenvalue weighted by Gasteiger charge is 2.29. The third-order valence-corrected chi connectivity index (χ3v) is 4.97. The molecular weight excluding hydrogens is 408 g/mol. The topological polar surface area (TPSA) is 125 Å². The van der Waals surface area contributed by atoms with E-state index < -0.39 is 35.7 Å². The predicted molar refractivity (Wildman–Crippen MR) is 117 cm³/mol. The van der Waals surface area contributed by atoms with Crippen LogP contribution in [0.1, 0.15) is 43.9 Å². The number of phenolic OH excluding ortho intramolecular Hbond substituents is 1. The first-order chi connectivity index (χ1) is 13.8. The van der Waals surface area contributed by atoms with E-state index in [2.05, 4.69) is 10.6 Å². The predicted octanol–water partition coefficient (Wildman–Crippen LogP) is 2.77. The van der Waals surface area contributed by atoms with E-state index in [1.165, 1.54) is 11.8 Å². The van der Waals surface area contributed by atoms with Gasteiger partial charge < -0.3 is 25.6 Å². The van der Waals surface area contributed by atoms with Gasteiger partial charge in [-0.05, 0) is 81.9 Å². The quantitative estimate of drug-likeness (QED) is 0.465. The molecule has 30 heavy (non-hydrogen) atoms. The molecule has 0 aromatic heterocycles. The van der Waals surface area contributed by atoms with Crippen molar-refractivity contribution in [2.24, 2.45) is 0 Å². The number of carbonyl (C=O) groups is 3. The van der Waals surface area contributed by atoms with Gasteiger partial charge in [0.15, 0.2) is 0 Å². The van der Waals surface area contributed by atoms with Gasteiger partial charge in [-0.1, -0.05) is 0 Å². The van der Waals surface area contributed by atoms with Crippen molar-refractivity contribution in [3.05, 3.63) is 28.8 Å². The summed E-state index contributed by atoms with van der Waals surface area (Å²) in [6.45, 7) is 8.71. The number of hydrogen-bond acceptors (Lipinski definition) is 6. The van der Waals surface area contributed by atoms with Crippen LogP contribution in [0.5, 0.6) is 5.75 Å². The van der Waals surface area contributed by atoms with Crippen LogP contribution in [0, 0.1) is 13.8 Å². The number of carboxylic acids is 1. The molecule has 8 nitrogen and oxygen atoms in total. The smallest absolute Gasteiger partial charge is 0.408 e. The van der Waals surface area contributed by atoms with Crippen LogP contribution in [0.15, 0.2) is 12.1 Å². The minimum absolute atomic E-state index is 0.109. The molecule has 0 fully saturated rings. The summed E-state index contributed by atoms with van der Waals surface area (Å²) in [6.07, 6.45) is 1.47. The zero-order chi connectivity index (χ0) is 23.1. The van der Waals surface area contributed by atoms with Crippen LogP contribution in [0.25, 0.3) is 0 Å². The lowest BCUT2D eigenvalue weighted by Crippen LogP contribution is -2.53. The largest absolute Gasteiger partial charge is 0.508 e. The summed E-state index contributed by atoms with van der Waals surface area (Å²) < 4.78 is 5.26. The first-order valence-electron chi connectivity index (χ1n) is 9.64. The normalized spacial score (nSPS) is 13.3. The Hall–Kier alpha value is -2.42. The number of ether oxygens (including phenoxy) is 1. The molecule has 4 N–H and O–H groups in total. The number of aromatic hydroxyl groups is 1. The molecule has 2 amide bonds. The molecular formula is C21H32N2O6S. The van der Waals surface area contributed by atoms with Crippen molar-refractivity contribution in [2.75, 3.05) is 12.0 Å². The number of alkyl carbamates (subject to hydrolysis) is 1. The number of amides is 2. The van der Waals surface area contributed by atoms with Gasteiger partial charge >= 0.3 is 12.1 Å². The van der Waals surface area contributed by atoms with Crippen molar-refractivity contribution in [2.45, 2.75) is 65.1 Å². The van der Waals surface area contributed by atoms with Gasteiger partial charge in [-0.3, -0.25) is 4.79 Å². The number of aryl methyl sites for hydroxylation is 2. The fourth-order valence-corrected chi connectivity index (χ4v) is 3.39. The molecule has 1 unspecified atom stereocenters. The molecule has 0 aliphatic rings. The Morgan fingerprint density at radius 3 is 2.13 bits per heavy atom. The van der Waals surface area contributed by atoms with Crippen molar-refractivity contribution < 1.29 is 29.3 Å². The minimum atomic E-state index is -1.13. The van der Waals surface area contributed by atoms with E-state index in [1.54, 1.807) is 46.8 Å². The number of phenols is 1. The fraction of sp³-hybridized carbons (Fsp3) is 0.571. The van der Waals surface area contributed by atoms with Crippen LogP contribution < -0.4 is 10.6 Å². The third kappa shape index (κ3) is 8.52. The van der Waals surface area contributed by atoms with E-state index in [0.717, 1.165) is 16.7 Å². The summed E-state index contributed by atoms with van der Waals surface area (Å²) in [4.78, 5) is 36.7. The number of carboxylic acid groups (broad SMARTS) is 1. The minimum Gasteiger partial charge on any atom is -0.508 e. The van der Waals surface area contributed by atoms with E-state index in [-0.39, 0.29) is 18.6 Å². The lowest BCUT2D eigenvalue weighted by molar-refractivity contribution is -0.142. The van der Waals surface area contributed by atoms with Gasteiger partial charge in [-0.25, -0.2) is 9.59 Å². The lowest BCUT2D eigenvalue weighted by atomic mass is 9.95. The Bertz CT molecular complexity index is 752. The zero-order valence-electron chi connectivity index (χ0n) is 18.4. The number of thioether (sulfide) groups is 1. The SMILES string of the molecule is CSCC[C@@H](NC(=O)C(Cc1c(C)cc(O)cc1C)NC(=O)OC(C)(C)C)C(=O)O. The summed E-state index contributed by atoms with van der Waals surface area (Å²) >= 11 is 1.48. The maximum atomic E-state index is 12.9. The first-order valence-corrected chi connectivity index (χ1v) is 11.0. The average Bonchev–Trinajstić information content (AvgIpc) is 2.58. The zero-order valence-corrected chi connectivity index (χ0v) is 19.2. The monoisotopic (exact) mass is 440 g/mol. The van der Waals surface area contributed by atoms with Gasteiger partial charge in [0.05, 0.1) is 0 Å². The molecule has 0 aliphatic heterocycles. The second kappa shape index (κ2) is 11.1. The van der Waals surface area contributed by atoms with Gasteiger partial charge in [0, 0.05) is 6.42 Å². The molecule has 0 radical (unpaired) electrons. The van der Waals surface area contributed by atoms with E-state index >= 15 is 0 Å². The third-order valence-electron chi connectivity index (χ3n) is 4.32. The summed E-state index contributed by atoms with van der Waals surface area (Å²) in [6, 6.07) is 1.04. The summed E-state index contributed by atoms with van der Waals surface area (Å²) in [5, 5.41) is 24.2. The van der Waals surface area contributed by atoms with Crippen LogP contribution in [-0.4, -0.2) is 57.9 Å². The number of aliphatic carboxylic acids is 1. The van der Waals surface area contributed by atoms with E-state index in [0.29, 0.717) is 5.75 Å². The van der Waals surface area contributed by atoms with Crippen molar-refractivity contribution in [3.8, 4) is 5.75 Å². The van der Waals surface area contributed by atoms with Crippen molar-refractivity contribution >= 4 is 29.7 Å². The Morgan fingerprint density at radius 1 is 1.10 bits per heavy atom. The number of nitrogens with one attached hydrogen (secondary N) is 2. The number of carbonyl (C=O) groups excluding carboxylic acids is 2. The van der Waals surface area contributed by atoms with E-state index in [4.69, 9.17) is 4.74 Å². The maximum Gasteiger partial charge on any atom is 0.408 e. The summed E-state index contributed by atoms with van der Waals surface area (Å²) in [7, 11) is 0. The highest BCUT2D eigenvalue weighted by atomic mass is 32.2. The van der Waals surface area contributed by atoms with Gasteiger partial charge in [-0.15, -0.1) is 0 Å². The fourth-order valence-electron chi connectivity index (χ4n) is 2.92. The molecule has 2 atom stereocenters. The van der Waals surface area contributed by atoms with Crippen LogP contribution >= 0.6 is 11.8 Å². The molecule has 1 aromatic carbocycles. The van der Waals surface area contributed by atoms with Crippen LogP contribution in [0.2, 0.25) is 0 Å². The van der Waals surface area contributed by atoms with Crippen LogP contribution in [-0.2, 0) is 20.7 Å². The van der Waals surface area contributed by atoms with E-state index in [9.17, 15) is 24.6 Å². The molecule has 0 spiro atoms. The van der Waals surface area contributed by atoms with Crippen LogP contribution in [0.4, 0.5) is 4.79 Å². The molecule has 168 valence electrons. The van der Waals surface area contributed by atoms with Gasteiger partial charge in [0.2, 0.25) is 5.91 Å². The number of hydrogen-bond donors (Lipinski definition) is 4. The Morgan fingerprint density at radius 2 is 1.67 bits per heavy atom. The molecule has 0 saturated carbocycles. The Balaban J connectivity index is 3.12. The van der Waals surface area contributed by atoms with Crippen molar-refractivity contribution in [3.63, 3.8) is 0 Å². The second-order valence-electron chi connectivity index (χ2n) is 8.14. The summed E-state index contributed by atoms with van der Waals surface area (Å²) in [5.74, 6) is -1.07. The molecule has 0 aliphatic carbocycles. The van der Waals surface area contributed by atoms with Crippen molar-refractivity contribution in [1.82, 2.24) is 10.6 Å². The molecule has 0 saturated heterocycles. The van der Waals surface area contributed by atoms with Gasteiger partial charge in [0.1, 0.15) is 23.4 Å². The van der Waals surface area contributed by atoms with Crippen molar-refractivity contribution in [1.29, 1.82) is 0 Å².